The van der Waals surface area contributed by atoms with Crippen LogP contribution < -0.4 is 5.32 Å². The van der Waals surface area contributed by atoms with Gasteiger partial charge in [0.2, 0.25) is 5.91 Å². The van der Waals surface area contributed by atoms with Gasteiger partial charge in [0.15, 0.2) is 0 Å². The number of benzene rings is 2. The van der Waals surface area contributed by atoms with Gasteiger partial charge in [-0.15, -0.1) is 11.8 Å². The molecule has 1 aliphatic carbocycles. The van der Waals surface area contributed by atoms with Crippen molar-refractivity contribution in [1.29, 1.82) is 0 Å². The summed E-state index contributed by atoms with van der Waals surface area (Å²) in [4.78, 5) is 13.4. The molecule has 2 nitrogen and oxygen atoms in total. The Kier molecular flexibility index (Phi) is 4.98. The van der Waals surface area contributed by atoms with Gasteiger partial charge in [0.1, 0.15) is 0 Å². The number of amides is 1. The summed E-state index contributed by atoms with van der Waals surface area (Å²) in [5, 5.41) is 3.72. The number of nitrogens with one attached hydrogen (secondary N) is 1. The van der Waals surface area contributed by atoms with Gasteiger partial charge >= 0.3 is 0 Å². The van der Waals surface area contributed by atoms with Crippen LogP contribution in [0.4, 0.5) is 0 Å². The number of rotatable bonds is 6. The second-order valence-electron chi connectivity index (χ2n) is 6.08. The van der Waals surface area contributed by atoms with Gasteiger partial charge in [0.05, 0.1) is 5.25 Å². The summed E-state index contributed by atoms with van der Waals surface area (Å²) in [6.07, 6.45) is 2.30. The number of hydrogen-bond acceptors (Lipinski definition) is 2. The number of hydrogen-bond donors (Lipinski definition) is 1. The van der Waals surface area contributed by atoms with E-state index in [1.165, 1.54) is 5.56 Å². The molecule has 2 aromatic rings. The van der Waals surface area contributed by atoms with Gasteiger partial charge in [0, 0.05) is 21.9 Å². The third-order valence-electron chi connectivity index (χ3n) is 4.34. The Labute approximate surface area is 146 Å². The highest BCUT2D eigenvalue weighted by atomic mass is 35.5. The molecule has 4 heteroatoms. The standard InChI is InChI=1S/C19H20ClNOS/c1-14(23-17-9-7-16(20)8-10-17)18(22)21-13-19(11-12-19)15-5-3-2-4-6-15/h2-10,14H,11-13H2,1H3,(H,21,22). The van der Waals surface area contributed by atoms with Crippen LogP contribution in [0.2, 0.25) is 5.02 Å². The van der Waals surface area contributed by atoms with Gasteiger partial charge in [-0.05, 0) is 49.6 Å². The van der Waals surface area contributed by atoms with Crippen LogP contribution in [-0.2, 0) is 10.2 Å². The van der Waals surface area contributed by atoms with Crippen molar-refractivity contribution in [1.82, 2.24) is 5.32 Å². The van der Waals surface area contributed by atoms with Gasteiger partial charge in [0.25, 0.3) is 0 Å². The third-order valence-corrected chi connectivity index (χ3v) is 5.70. The van der Waals surface area contributed by atoms with Crippen molar-refractivity contribution >= 4 is 29.3 Å². The molecule has 0 bridgehead atoms. The Morgan fingerprint density at radius 2 is 1.83 bits per heavy atom. The molecule has 0 aliphatic heterocycles. The molecule has 1 N–H and O–H groups in total. The van der Waals surface area contributed by atoms with Crippen LogP contribution in [0.25, 0.3) is 0 Å². The molecule has 0 aromatic heterocycles. The van der Waals surface area contributed by atoms with E-state index in [2.05, 4.69) is 29.6 Å². The Balaban J connectivity index is 1.54. The molecule has 120 valence electrons. The van der Waals surface area contributed by atoms with E-state index < -0.39 is 0 Å². The number of halogens is 1. The zero-order valence-corrected chi connectivity index (χ0v) is 14.7. The van der Waals surface area contributed by atoms with E-state index in [-0.39, 0.29) is 16.6 Å². The first-order valence-corrected chi connectivity index (χ1v) is 9.10. The SMILES string of the molecule is CC(Sc1ccc(Cl)cc1)C(=O)NCC1(c2ccccc2)CC1. The van der Waals surface area contributed by atoms with Crippen LogP contribution in [0.5, 0.6) is 0 Å². The Bertz CT molecular complexity index is 668. The van der Waals surface area contributed by atoms with Crippen molar-refractivity contribution in [3.63, 3.8) is 0 Å². The van der Waals surface area contributed by atoms with Crippen molar-refractivity contribution in [2.75, 3.05) is 6.54 Å². The van der Waals surface area contributed by atoms with E-state index in [0.29, 0.717) is 5.02 Å². The summed E-state index contributed by atoms with van der Waals surface area (Å²) in [5.74, 6) is 0.0900. The van der Waals surface area contributed by atoms with Gasteiger partial charge in [-0.1, -0.05) is 41.9 Å². The Morgan fingerprint density at radius 1 is 1.17 bits per heavy atom. The lowest BCUT2D eigenvalue weighted by Gasteiger charge is -2.18. The predicted molar refractivity (Wildman–Crippen MR) is 97.1 cm³/mol. The van der Waals surface area contributed by atoms with E-state index in [4.69, 9.17) is 11.6 Å². The molecule has 0 spiro atoms. The van der Waals surface area contributed by atoms with Crippen molar-refractivity contribution in [2.24, 2.45) is 0 Å². The summed E-state index contributed by atoms with van der Waals surface area (Å²) in [7, 11) is 0. The van der Waals surface area contributed by atoms with Crippen molar-refractivity contribution in [3.05, 3.63) is 65.2 Å². The second-order valence-corrected chi connectivity index (χ2v) is 7.93. The van der Waals surface area contributed by atoms with Crippen LogP contribution in [0.15, 0.2) is 59.5 Å². The first-order valence-electron chi connectivity index (χ1n) is 7.85. The number of thioether (sulfide) groups is 1. The van der Waals surface area contributed by atoms with Gasteiger partial charge in [-0.25, -0.2) is 0 Å². The number of carbonyl (C=O) groups excluding carboxylic acids is 1. The summed E-state index contributed by atoms with van der Waals surface area (Å²) < 4.78 is 0. The minimum Gasteiger partial charge on any atom is -0.354 e. The molecule has 2 aromatic carbocycles. The normalized spacial score (nSPS) is 16.6. The Morgan fingerprint density at radius 3 is 2.43 bits per heavy atom. The molecule has 1 atom stereocenters. The van der Waals surface area contributed by atoms with Gasteiger partial charge < -0.3 is 5.32 Å². The van der Waals surface area contributed by atoms with E-state index in [0.717, 1.165) is 24.3 Å². The van der Waals surface area contributed by atoms with Crippen LogP contribution >= 0.6 is 23.4 Å². The highest BCUT2D eigenvalue weighted by Crippen LogP contribution is 2.47. The minimum atomic E-state index is -0.122. The maximum Gasteiger partial charge on any atom is 0.233 e. The maximum atomic E-state index is 12.4. The molecule has 0 saturated heterocycles. The fourth-order valence-electron chi connectivity index (χ4n) is 2.68. The molecule has 1 amide bonds. The van der Waals surface area contributed by atoms with Crippen LogP contribution in [0.1, 0.15) is 25.3 Å². The highest BCUT2D eigenvalue weighted by Gasteiger charge is 2.44. The number of carbonyl (C=O) groups is 1. The molecule has 0 radical (unpaired) electrons. The van der Waals surface area contributed by atoms with Crippen LogP contribution in [0.3, 0.4) is 0 Å². The maximum absolute atomic E-state index is 12.4. The molecular formula is C19H20ClNOS. The molecular weight excluding hydrogens is 326 g/mol. The van der Waals surface area contributed by atoms with Gasteiger partial charge in [-0.2, -0.15) is 0 Å². The average molecular weight is 346 g/mol. The molecule has 1 unspecified atom stereocenters. The lowest BCUT2D eigenvalue weighted by atomic mass is 9.96. The smallest absolute Gasteiger partial charge is 0.233 e. The minimum absolute atomic E-state index is 0.0900. The summed E-state index contributed by atoms with van der Waals surface area (Å²) in [6, 6.07) is 18.1. The van der Waals surface area contributed by atoms with E-state index in [1.54, 1.807) is 11.8 Å². The van der Waals surface area contributed by atoms with Crippen LogP contribution in [-0.4, -0.2) is 17.7 Å². The van der Waals surface area contributed by atoms with E-state index >= 15 is 0 Å². The van der Waals surface area contributed by atoms with Crippen molar-refractivity contribution in [3.8, 4) is 0 Å². The third kappa shape index (κ3) is 4.10. The molecule has 1 aliphatic rings. The first-order chi connectivity index (χ1) is 11.1. The zero-order valence-electron chi connectivity index (χ0n) is 13.1. The summed E-state index contributed by atoms with van der Waals surface area (Å²) in [5.41, 5.74) is 1.49. The molecule has 1 fully saturated rings. The average Bonchev–Trinajstić information content (AvgIpc) is 3.37. The Hall–Kier alpha value is -1.45. The van der Waals surface area contributed by atoms with Crippen molar-refractivity contribution < 1.29 is 4.79 Å². The fraction of sp³-hybridized carbons (Fsp3) is 0.316. The first kappa shape index (κ1) is 16.4. The second kappa shape index (κ2) is 6.98. The highest BCUT2D eigenvalue weighted by molar-refractivity contribution is 8.00. The molecule has 1 saturated carbocycles. The predicted octanol–water partition coefficient (Wildman–Crippen LogP) is 4.67. The quantitative estimate of drug-likeness (QED) is 0.771. The fourth-order valence-corrected chi connectivity index (χ4v) is 3.70. The summed E-state index contributed by atoms with van der Waals surface area (Å²) >= 11 is 7.44. The molecule has 23 heavy (non-hydrogen) atoms. The van der Waals surface area contributed by atoms with Crippen LogP contribution in [0, 0.1) is 0 Å². The van der Waals surface area contributed by atoms with E-state index in [1.807, 2.05) is 37.3 Å². The molecule has 3 rings (SSSR count). The summed E-state index contributed by atoms with van der Waals surface area (Å²) in [6.45, 7) is 2.66. The monoisotopic (exact) mass is 345 g/mol. The van der Waals surface area contributed by atoms with Crippen molar-refractivity contribution in [2.45, 2.75) is 35.3 Å². The lowest BCUT2D eigenvalue weighted by Crippen LogP contribution is -2.36. The van der Waals surface area contributed by atoms with Gasteiger partial charge in [-0.3, -0.25) is 4.79 Å². The zero-order chi connectivity index (χ0) is 16.3. The molecule has 0 heterocycles. The van der Waals surface area contributed by atoms with E-state index in [9.17, 15) is 4.79 Å². The largest absolute Gasteiger partial charge is 0.354 e. The topological polar surface area (TPSA) is 29.1 Å². The lowest BCUT2D eigenvalue weighted by molar-refractivity contribution is -0.120.